The van der Waals surface area contributed by atoms with E-state index >= 15 is 0 Å². The molecule has 1 aliphatic rings. The maximum absolute atomic E-state index is 14.6. The van der Waals surface area contributed by atoms with Crippen LogP contribution in [0, 0.1) is 17.8 Å². The summed E-state index contributed by atoms with van der Waals surface area (Å²) in [6.45, 7) is 10.8. The molecule has 9 N–H and O–H groups in total. The van der Waals surface area contributed by atoms with Crippen LogP contribution in [-0.2, 0) is 33.4 Å². The highest BCUT2D eigenvalue weighted by atomic mass is 16.5. The molecule has 0 heterocycles. The van der Waals surface area contributed by atoms with E-state index in [4.69, 9.17) is 26.7 Å². The summed E-state index contributed by atoms with van der Waals surface area (Å²) in [5.41, 5.74) is 16.7. The van der Waals surface area contributed by atoms with Gasteiger partial charge in [-0.15, -0.1) is 0 Å². The monoisotopic (exact) mass is 755 g/mol. The van der Waals surface area contributed by atoms with Crippen molar-refractivity contribution in [2.24, 2.45) is 35.0 Å². The topological polar surface area (TPSA) is 224 Å². The van der Waals surface area contributed by atoms with E-state index in [1.165, 1.54) is 4.90 Å². The minimum atomic E-state index is -1.06. The molecule has 308 valence electrons. The minimum absolute atomic E-state index is 0.0542. The van der Waals surface area contributed by atoms with E-state index < -0.39 is 41.9 Å². The van der Waals surface area contributed by atoms with Crippen LogP contribution in [0.1, 0.15) is 105 Å². The van der Waals surface area contributed by atoms with Gasteiger partial charge in [0.1, 0.15) is 18.1 Å². The molecule has 53 heavy (non-hydrogen) atoms. The van der Waals surface area contributed by atoms with Gasteiger partial charge < -0.3 is 47.5 Å². The van der Waals surface area contributed by atoms with E-state index in [0.717, 1.165) is 64.2 Å². The van der Waals surface area contributed by atoms with Crippen LogP contribution >= 0.6 is 0 Å². The highest BCUT2D eigenvalue weighted by molar-refractivity contribution is 5.94. The fraction of sp³-hybridized carbons (Fsp3) is 0.868. The number of carbonyl (C=O) groups excluding carboxylic acids is 5. The highest BCUT2D eigenvalue weighted by Crippen LogP contribution is 2.27. The number of unbranched alkanes of at least 4 members (excludes halogenated alkanes) is 3. The van der Waals surface area contributed by atoms with Crippen LogP contribution in [0.2, 0.25) is 0 Å². The molecule has 15 heteroatoms. The lowest BCUT2D eigenvalue weighted by Crippen LogP contribution is -2.61. The Morgan fingerprint density at radius 1 is 0.849 bits per heavy atom. The number of nitrogens with one attached hydrogen (secondary N) is 3. The fourth-order valence-corrected chi connectivity index (χ4v) is 6.77. The first kappa shape index (κ1) is 48.2. The number of primary amides is 1. The molecule has 0 unspecified atom stereocenters. The lowest BCUT2D eigenvalue weighted by atomic mass is 9.83. The van der Waals surface area contributed by atoms with Gasteiger partial charge in [-0.1, -0.05) is 66.2 Å². The SMILES string of the molecule is CCCCCCN(CCNC(=O)[C@@H](C)COCCCN)[C@@H](CCOC)C(=O)N(C)[C@@H](CC(C)C)C(=O)N[C@H](C(=O)N[C@@H](CN)C(N)=O)C1CCCCC1. The van der Waals surface area contributed by atoms with Crippen molar-refractivity contribution >= 4 is 29.5 Å². The second kappa shape index (κ2) is 27.7. The Hall–Kier alpha value is -2.85. The minimum Gasteiger partial charge on any atom is -0.385 e. The molecule has 0 aromatic rings. The van der Waals surface area contributed by atoms with Crippen LogP contribution in [-0.4, -0.2) is 130 Å². The average molecular weight is 755 g/mol. The number of nitrogens with two attached hydrogens (primary N) is 3. The number of hydrogen-bond acceptors (Lipinski definition) is 10. The lowest BCUT2D eigenvalue weighted by Gasteiger charge is -2.38. The van der Waals surface area contributed by atoms with Crippen molar-refractivity contribution < 1.29 is 33.4 Å². The van der Waals surface area contributed by atoms with Crippen LogP contribution in [0.25, 0.3) is 0 Å². The van der Waals surface area contributed by atoms with Crippen LogP contribution in [0.5, 0.6) is 0 Å². The summed E-state index contributed by atoms with van der Waals surface area (Å²) in [6.07, 6.45) is 9.88. The second-order valence-electron chi connectivity index (χ2n) is 15.0. The summed E-state index contributed by atoms with van der Waals surface area (Å²) in [5.74, 6) is -2.47. The quantitative estimate of drug-likeness (QED) is 0.0600. The van der Waals surface area contributed by atoms with E-state index in [2.05, 4.69) is 27.8 Å². The number of ether oxygens (including phenoxy) is 2. The molecule has 0 aliphatic heterocycles. The molecular formula is C38H74N8O7. The summed E-state index contributed by atoms with van der Waals surface area (Å²) >= 11 is 0. The maximum atomic E-state index is 14.6. The Bertz CT molecular complexity index is 1080. The Morgan fingerprint density at radius 3 is 2.13 bits per heavy atom. The summed E-state index contributed by atoms with van der Waals surface area (Å²) < 4.78 is 11.0. The molecule has 5 atom stereocenters. The lowest BCUT2D eigenvalue weighted by molar-refractivity contribution is -0.145. The molecule has 5 amide bonds. The predicted molar refractivity (Wildman–Crippen MR) is 207 cm³/mol. The van der Waals surface area contributed by atoms with Gasteiger partial charge in [0.2, 0.25) is 29.5 Å². The van der Waals surface area contributed by atoms with Crippen LogP contribution in [0.3, 0.4) is 0 Å². The molecule has 0 spiro atoms. The molecule has 0 saturated heterocycles. The zero-order chi connectivity index (χ0) is 39.8. The third-order valence-corrected chi connectivity index (χ3v) is 10.0. The van der Waals surface area contributed by atoms with Gasteiger partial charge in [0.25, 0.3) is 0 Å². The zero-order valence-corrected chi connectivity index (χ0v) is 33.7. The van der Waals surface area contributed by atoms with Gasteiger partial charge in [0.15, 0.2) is 0 Å². The third kappa shape index (κ3) is 18.4. The molecule has 1 saturated carbocycles. The van der Waals surface area contributed by atoms with E-state index in [0.29, 0.717) is 58.8 Å². The number of amides is 5. The standard InChI is InChI=1S/C38H74N8O7/c1-7-8-9-13-20-46(21-19-42-35(48)28(4)26-53-22-14-18-39)31(17-23-52-6)38(51)45(5)32(24-27(2)3)36(49)44-33(29-15-11-10-12-16-29)37(50)43-30(25-40)34(41)47/h27-33H,7-26,39-40H2,1-6H3,(H2,41,47)(H,42,48)(H,43,50)(H,44,49)/t28-,30-,31-,32-,33-/m0/s1. The fourth-order valence-electron chi connectivity index (χ4n) is 6.77. The number of hydrogen-bond donors (Lipinski definition) is 6. The van der Waals surface area contributed by atoms with Crippen molar-refractivity contribution in [3.8, 4) is 0 Å². The second-order valence-corrected chi connectivity index (χ2v) is 15.0. The van der Waals surface area contributed by atoms with Gasteiger partial charge in [-0.3, -0.25) is 28.9 Å². The molecule has 15 nitrogen and oxygen atoms in total. The van der Waals surface area contributed by atoms with Gasteiger partial charge >= 0.3 is 0 Å². The highest BCUT2D eigenvalue weighted by Gasteiger charge is 2.38. The van der Waals surface area contributed by atoms with Crippen molar-refractivity contribution in [1.29, 1.82) is 0 Å². The molecule has 1 fully saturated rings. The molecule has 0 aromatic heterocycles. The summed E-state index contributed by atoms with van der Waals surface area (Å²) in [6, 6.07) is -3.45. The number of likely N-dealkylation sites (N-methyl/N-ethyl adjacent to an activating group) is 1. The molecular weight excluding hydrogens is 680 g/mol. The van der Waals surface area contributed by atoms with E-state index in [1.807, 2.05) is 20.8 Å². The van der Waals surface area contributed by atoms with Crippen LogP contribution in [0.4, 0.5) is 0 Å². The average Bonchev–Trinajstić information content (AvgIpc) is 3.14. The van der Waals surface area contributed by atoms with E-state index in [9.17, 15) is 24.0 Å². The van der Waals surface area contributed by atoms with Gasteiger partial charge in [-0.05, 0) is 63.5 Å². The largest absolute Gasteiger partial charge is 0.385 e. The Kier molecular flexibility index (Phi) is 25.2. The molecule has 1 aliphatic carbocycles. The predicted octanol–water partition coefficient (Wildman–Crippen LogP) is 1.26. The Labute approximate surface area is 318 Å². The van der Waals surface area contributed by atoms with Gasteiger partial charge in [-0.25, -0.2) is 0 Å². The maximum Gasteiger partial charge on any atom is 0.243 e. The number of carbonyl (C=O) groups is 5. The van der Waals surface area contributed by atoms with Crippen LogP contribution < -0.4 is 33.2 Å². The van der Waals surface area contributed by atoms with Crippen molar-refractivity contribution in [3.63, 3.8) is 0 Å². The first-order valence-electron chi connectivity index (χ1n) is 20.0. The van der Waals surface area contributed by atoms with Gasteiger partial charge in [-0.2, -0.15) is 0 Å². The van der Waals surface area contributed by atoms with Crippen molar-refractivity contribution in [2.45, 2.75) is 129 Å². The summed E-state index contributed by atoms with van der Waals surface area (Å²) in [5, 5.41) is 8.64. The van der Waals surface area contributed by atoms with Gasteiger partial charge in [0, 0.05) is 47.0 Å². The number of methoxy groups -OCH3 is 1. The molecule has 0 bridgehead atoms. The molecule has 0 aromatic carbocycles. The van der Waals surface area contributed by atoms with Crippen molar-refractivity contribution in [1.82, 2.24) is 25.8 Å². The van der Waals surface area contributed by atoms with Crippen molar-refractivity contribution in [2.75, 3.05) is 66.7 Å². The smallest absolute Gasteiger partial charge is 0.243 e. The summed E-state index contributed by atoms with van der Waals surface area (Å²) in [7, 11) is 3.23. The first-order chi connectivity index (χ1) is 25.3. The molecule has 0 radical (unpaired) electrons. The van der Waals surface area contributed by atoms with Crippen LogP contribution in [0.15, 0.2) is 0 Å². The Morgan fingerprint density at radius 2 is 1.55 bits per heavy atom. The van der Waals surface area contributed by atoms with Crippen molar-refractivity contribution in [3.05, 3.63) is 0 Å². The third-order valence-electron chi connectivity index (χ3n) is 10.0. The van der Waals surface area contributed by atoms with Gasteiger partial charge in [0.05, 0.1) is 18.6 Å². The Balaban J connectivity index is 3.31. The zero-order valence-electron chi connectivity index (χ0n) is 33.7. The number of nitrogens with zero attached hydrogens (tertiary/aromatic N) is 2. The normalized spacial score (nSPS) is 16.4. The first-order valence-corrected chi connectivity index (χ1v) is 20.0. The van der Waals surface area contributed by atoms with E-state index in [-0.39, 0.29) is 36.1 Å². The molecule has 1 rings (SSSR count). The van der Waals surface area contributed by atoms with E-state index in [1.54, 1.807) is 14.2 Å². The number of rotatable bonds is 29. The summed E-state index contributed by atoms with van der Waals surface area (Å²) in [4.78, 5) is 70.8.